The normalized spacial score (nSPS) is 18.0. The van der Waals surface area contributed by atoms with Gasteiger partial charge in [-0.25, -0.2) is 14.4 Å². The minimum atomic E-state index is -0.725. The van der Waals surface area contributed by atoms with Crippen LogP contribution in [0.15, 0.2) is 72.1 Å². The van der Waals surface area contributed by atoms with Gasteiger partial charge in [0, 0.05) is 30.1 Å². The summed E-state index contributed by atoms with van der Waals surface area (Å²) >= 11 is 0. The monoisotopic (exact) mass is 694 g/mol. The lowest BCUT2D eigenvalue weighted by atomic mass is 9.86. The number of nitrogens with two attached hydrogens (primary N) is 1. The van der Waals surface area contributed by atoms with E-state index in [9.17, 15) is 9.59 Å². The maximum Gasteiger partial charge on any atom is 0.282 e. The molecule has 2 atom stereocenters. The predicted octanol–water partition coefficient (Wildman–Crippen LogP) is 5.56. The van der Waals surface area contributed by atoms with Crippen LogP contribution in [0.4, 0.5) is 16.0 Å². The second kappa shape index (κ2) is 13.3. The van der Waals surface area contributed by atoms with Crippen molar-refractivity contribution < 1.29 is 13.9 Å². The standard InChI is InChI=1S/C39H47FN8O3/c1-22(2)39(7,8)51-21-27-26(11-10-12-30(27)48-37(50)35-24(16-44-48)14-25(15-28(35)40)38(4,5)6)23(3)13-29(36(41)49)45-33-17-43-34(18-42-33)47-20-31-32(47)19-46(31)9/h10-18,22,31-32H,3,19-21H2,1-2,4-9H3,(H2,41,49)(H,42,45)/b29-13+. The molecule has 51 heavy (non-hydrogen) atoms. The van der Waals surface area contributed by atoms with Crippen LogP contribution in [-0.4, -0.2) is 68.4 Å². The molecule has 2 unspecified atom stereocenters. The fourth-order valence-electron chi connectivity index (χ4n) is 6.32. The second-order valence-electron chi connectivity index (χ2n) is 15.4. The SMILES string of the molecule is C=C(/C=C(/Nc1cnc(N2CC3C2CN3C)cn1)C(N)=O)c1cccc(-n2ncc3cc(C(C)(C)C)cc(F)c3c2=O)c1COC(C)(C)C(C)C. The van der Waals surface area contributed by atoms with Gasteiger partial charge in [0.1, 0.15) is 23.1 Å². The van der Waals surface area contributed by atoms with E-state index in [1.54, 1.807) is 30.6 Å². The maximum atomic E-state index is 15.6. The molecule has 11 nitrogen and oxygen atoms in total. The number of amides is 1. The molecule has 2 aliphatic rings. The van der Waals surface area contributed by atoms with Gasteiger partial charge in [0.2, 0.25) is 0 Å². The van der Waals surface area contributed by atoms with E-state index in [2.05, 4.69) is 57.7 Å². The summed E-state index contributed by atoms with van der Waals surface area (Å²) in [5, 5.41) is 7.86. The topological polar surface area (TPSA) is 132 Å². The number of piperazine rings is 1. The van der Waals surface area contributed by atoms with Crippen LogP contribution in [0.25, 0.3) is 22.0 Å². The van der Waals surface area contributed by atoms with Crippen molar-refractivity contribution in [2.75, 3.05) is 30.4 Å². The average molecular weight is 695 g/mol. The van der Waals surface area contributed by atoms with Crippen LogP contribution in [0.1, 0.15) is 65.2 Å². The third-order valence-corrected chi connectivity index (χ3v) is 10.5. The molecule has 0 saturated carbocycles. The summed E-state index contributed by atoms with van der Waals surface area (Å²) < 4.78 is 23.2. The molecule has 12 heteroatoms. The third-order valence-electron chi connectivity index (χ3n) is 10.5. The summed E-state index contributed by atoms with van der Waals surface area (Å²) in [6.45, 7) is 20.3. The number of likely N-dealkylation sites (tertiary alicyclic amines) is 1. The Kier molecular flexibility index (Phi) is 9.36. The first-order chi connectivity index (χ1) is 24.0. The second-order valence-corrected chi connectivity index (χ2v) is 15.4. The minimum Gasteiger partial charge on any atom is -0.371 e. The number of halogens is 1. The highest BCUT2D eigenvalue weighted by Gasteiger charge is 2.50. The smallest absolute Gasteiger partial charge is 0.282 e. The van der Waals surface area contributed by atoms with Crippen LogP contribution in [0, 0.1) is 11.7 Å². The summed E-state index contributed by atoms with van der Waals surface area (Å²) in [7, 11) is 2.12. The lowest BCUT2D eigenvalue weighted by molar-refractivity contribution is -0.114. The summed E-state index contributed by atoms with van der Waals surface area (Å²) in [5.74, 6) is -0.0448. The molecule has 268 valence electrons. The van der Waals surface area contributed by atoms with Crippen LogP contribution in [0.2, 0.25) is 0 Å². The van der Waals surface area contributed by atoms with Crippen molar-refractivity contribution in [1.82, 2.24) is 24.6 Å². The van der Waals surface area contributed by atoms with E-state index in [1.807, 2.05) is 40.7 Å². The highest BCUT2D eigenvalue weighted by molar-refractivity contribution is 5.98. The number of anilines is 2. The van der Waals surface area contributed by atoms with Crippen molar-refractivity contribution in [2.45, 2.75) is 78.2 Å². The van der Waals surface area contributed by atoms with E-state index in [4.69, 9.17) is 10.5 Å². The zero-order chi connectivity index (χ0) is 37.0. The number of hydrogen-bond acceptors (Lipinski definition) is 9. The molecule has 0 spiro atoms. The van der Waals surface area contributed by atoms with Crippen LogP contribution in [-0.2, 0) is 21.6 Å². The van der Waals surface area contributed by atoms with Crippen LogP contribution in [0.3, 0.4) is 0 Å². The quantitative estimate of drug-likeness (QED) is 0.153. The van der Waals surface area contributed by atoms with Gasteiger partial charge in [-0.3, -0.25) is 14.5 Å². The zero-order valence-corrected chi connectivity index (χ0v) is 30.6. The van der Waals surface area contributed by atoms with E-state index in [-0.39, 0.29) is 29.0 Å². The van der Waals surface area contributed by atoms with Crippen LogP contribution in [0.5, 0.6) is 0 Å². The predicted molar refractivity (Wildman–Crippen MR) is 199 cm³/mol. The lowest BCUT2D eigenvalue weighted by Crippen LogP contribution is -2.78. The van der Waals surface area contributed by atoms with Crippen LogP contribution >= 0.6 is 0 Å². The van der Waals surface area contributed by atoms with E-state index in [0.29, 0.717) is 45.7 Å². The van der Waals surface area contributed by atoms with Crippen molar-refractivity contribution in [3.8, 4) is 5.69 Å². The van der Waals surface area contributed by atoms with Gasteiger partial charge in [-0.05, 0) is 73.2 Å². The largest absolute Gasteiger partial charge is 0.371 e. The molecule has 2 saturated heterocycles. The summed E-state index contributed by atoms with van der Waals surface area (Å²) in [4.78, 5) is 40.2. The number of carbonyl (C=O) groups excluding carboxylic acids is 1. The van der Waals surface area contributed by atoms with Gasteiger partial charge < -0.3 is 20.7 Å². The number of fused-ring (bicyclic) bond motifs is 2. The number of likely N-dealkylation sites (N-methyl/N-ethyl adjacent to an activating group) is 1. The maximum absolute atomic E-state index is 15.6. The molecule has 4 aromatic rings. The molecular weight excluding hydrogens is 647 g/mol. The molecule has 6 rings (SSSR count). The van der Waals surface area contributed by atoms with Gasteiger partial charge in [-0.2, -0.15) is 9.78 Å². The Morgan fingerprint density at radius 3 is 2.45 bits per heavy atom. The highest BCUT2D eigenvalue weighted by Crippen LogP contribution is 2.35. The molecule has 0 radical (unpaired) electrons. The molecule has 0 bridgehead atoms. The van der Waals surface area contributed by atoms with Crippen molar-refractivity contribution >= 4 is 33.9 Å². The van der Waals surface area contributed by atoms with E-state index < -0.39 is 22.9 Å². The summed E-state index contributed by atoms with van der Waals surface area (Å²) in [6, 6.07) is 9.53. The third kappa shape index (κ3) is 6.90. The number of primary amides is 1. The zero-order valence-electron chi connectivity index (χ0n) is 30.6. The number of carbonyl (C=O) groups is 1. The molecule has 0 aliphatic carbocycles. The molecule has 2 fully saturated rings. The fourth-order valence-corrected chi connectivity index (χ4v) is 6.32. The molecular formula is C39H47FN8O3. The Bertz CT molecular complexity index is 2100. The molecule has 4 heterocycles. The van der Waals surface area contributed by atoms with Gasteiger partial charge in [0.15, 0.2) is 0 Å². The minimum absolute atomic E-state index is 0.0455. The summed E-state index contributed by atoms with van der Waals surface area (Å²) in [5.41, 5.74) is 7.15. The van der Waals surface area contributed by atoms with Gasteiger partial charge in [-0.1, -0.05) is 53.3 Å². The number of hydrogen-bond donors (Lipinski definition) is 2. The first kappa shape index (κ1) is 35.9. The van der Waals surface area contributed by atoms with Crippen molar-refractivity contribution in [3.63, 3.8) is 0 Å². The number of nitrogens with zero attached hydrogens (tertiary/aromatic N) is 6. The Balaban J connectivity index is 1.36. The molecule has 2 aromatic carbocycles. The lowest BCUT2D eigenvalue weighted by Gasteiger charge is -2.61. The first-order valence-corrected chi connectivity index (χ1v) is 17.2. The Morgan fingerprint density at radius 2 is 1.86 bits per heavy atom. The Morgan fingerprint density at radius 1 is 1.12 bits per heavy atom. The van der Waals surface area contributed by atoms with E-state index >= 15 is 4.39 Å². The fraction of sp³-hybridized carbons (Fsp3) is 0.410. The number of allylic oxidation sites excluding steroid dienone is 2. The number of benzene rings is 2. The number of rotatable bonds is 11. The summed E-state index contributed by atoms with van der Waals surface area (Å²) in [6.07, 6.45) is 6.29. The van der Waals surface area contributed by atoms with Gasteiger partial charge >= 0.3 is 0 Å². The van der Waals surface area contributed by atoms with Gasteiger partial charge in [-0.15, -0.1) is 0 Å². The Hall–Kier alpha value is -4.94. The first-order valence-electron chi connectivity index (χ1n) is 17.2. The van der Waals surface area contributed by atoms with E-state index in [1.165, 1.54) is 23.0 Å². The molecule has 2 aliphatic heterocycles. The molecule has 3 N–H and O–H groups in total. The Labute approximate surface area is 298 Å². The number of nitrogens with one attached hydrogen (secondary N) is 1. The molecule has 2 aromatic heterocycles. The van der Waals surface area contributed by atoms with Gasteiger partial charge in [0.05, 0.1) is 47.9 Å². The molecule has 1 amide bonds. The van der Waals surface area contributed by atoms with Crippen molar-refractivity contribution in [2.24, 2.45) is 11.7 Å². The van der Waals surface area contributed by atoms with Crippen molar-refractivity contribution in [1.29, 1.82) is 0 Å². The average Bonchev–Trinajstić information content (AvgIpc) is 3.05. The van der Waals surface area contributed by atoms with Crippen molar-refractivity contribution in [3.05, 3.63) is 100 Å². The number of aromatic nitrogens is 4. The van der Waals surface area contributed by atoms with Crippen LogP contribution < -0.4 is 21.5 Å². The highest BCUT2D eigenvalue weighted by atomic mass is 19.1. The van der Waals surface area contributed by atoms with E-state index in [0.717, 1.165) is 24.5 Å². The number of ether oxygens (including phenoxy) is 1. The van der Waals surface area contributed by atoms with Gasteiger partial charge in [0.25, 0.3) is 11.5 Å².